The van der Waals surface area contributed by atoms with E-state index in [1.807, 2.05) is 46.9 Å². The van der Waals surface area contributed by atoms with Crippen LogP contribution in [0.4, 0.5) is 0 Å². The summed E-state index contributed by atoms with van der Waals surface area (Å²) in [6.07, 6.45) is 8.18. The number of aryl methyl sites for hydroxylation is 2. The fraction of sp³-hybridized carbons (Fsp3) is 0.618. The molecule has 236 valence electrons. The highest BCUT2D eigenvalue weighted by Gasteiger charge is 2.37. The van der Waals surface area contributed by atoms with E-state index in [9.17, 15) is 9.59 Å². The Bertz CT molecular complexity index is 1280. The summed E-state index contributed by atoms with van der Waals surface area (Å²) in [6, 6.07) is 6.34. The van der Waals surface area contributed by atoms with E-state index in [1.54, 1.807) is 0 Å². The lowest BCUT2D eigenvalue weighted by Gasteiger charge is -2.38. The van der Waals surface area contributed by atoms with E-state index in [2.05, 4.69) is 53.8 Å². The highest BCUT2D eigenvalue weighted by molar-refractivity contribution is 9.10. The van der Waals surface area contributed by atoms with Crippen LogP contribution in [0, 0.1) is 11.8 Å². The van der Waals surface area contributed by atoms with Crippen LogP contribution in [0.2, 0.25) is 5.02 Å². The van der Waals surface area contributed by atoms with Crippen molar-refractivity contribution in [2.75, 3.05) is 32.7 Å². The number of fused-ring (bicyclic) bond motifs is 2. The number of hydrogen-bond acceptors (Lipinski definition) is 5. The summed E-state index contributed by atoms with van der Waals surface area (Å²) in [5.41, 5.74) is 4.60. The van der Waals surface area contributed by atoms with Crippen molar-refractivity contribution in [2.45, 2.75) is 91.1 Å². The molecule has 3 aliphatic rings. The number of amides is 1. The topological polar surface area (TPSA) is 62.7 Å². The third-order valence-corrected chi connectivity index (χ3v) is 10.0. The van der Waals surface area contributed by atoms with Crippen molar-refractivity contribution in [3.8, 4) is 0 Å². The van der Waals surface area contributed by atoms with Crippen LogP contribution in [0.25, 0.3) is 0 Å². The molecule has 2 aliphatic heterocycles. The lowest BCUT2D eigenvalue weighted by molar-refractivity contribution is -0.156. The number of nitrogens with zero attached hydrogens (tertiary/aromatic N) is 3. The summed E-state index contributed by atoms with van der Waals surface area (Å²) in [6.45, 7) is 13.2. The molecule has 1 amide bonds. The summed E-state index contributed by atoms with van der Waals surface area (Å²) in [7, 11) is 0. The molecule has 0 bridgehead atoms. The molecular formula is C34H46Br2ClN3O3. The molecular weight excluding hydrogens is 694 g/mol. The van der Waals surface area contributed by atoms with Gasteiger partial charge in [0.25, 0.3) is 0 Å². The van der Waals surface area contributed by atoms with Crippen molar-refractivity contribution in [1.82, 2.24) is 14.8 Å². The maximum atomic E-state index is 13.3. The Morgan fingerprint density at radius 2 is 1.63 bits per heavy atom. The number of halogens is 3. The lowest BCUT2D eigenvalue weighted by atomic mass is 9.76. The molecule has 5 rings (SSSR count). The largest absolute Gasteiger partial charge is 0.459 e. The van der Waals surface area contributed by atoms with Crippen LogP contribution in [0.3, 0.4) is 0 Å². The molecule has 0 radical (unpaired) electrons. The van der Waals surface area contributed by atoms with Crippen LogP contribution < -0.4 is 0 Å². The zero-order chi connectivity index (χ0) is 31.3. The Labute approximate surface area is 279 Å². The number of esters is 1. The second-order valence-electron chi connectivity index (χ2n) is 12.9. The Morgan fingerprint density at radius 1 is 0.977 bits per heavy atom. The number of ether oxygens (including phenoxy) is 1. The van der Waals surface area contributed by atoms with Gasteiger partial charge in [0.1, 0.15) is 5.60 Å². The second kappa shape index (κ2) is 15.2. The minimum absolute atomic E-state index is 0.174. The second-order valence-corrected chi connectivity index (χ2v) is 15.1. The van der Waals surface area contributed by atoms with Gasteiger partial charge in [-0.05, 0) is 135 Å². The monoisotopic (exact) mass is 737 g/mol. The molecule has 0 spiro atoms. The molecule has 0 saturated carbocycles. The van der Waals surface area contributed by atoms with Crippen LogP contribution in [-0.4, -0.2) is 65.0 Å². The van der Waals surface area contributed by atoms with E-state index in [0.29, 0.717) is 24.8 Å². The van der Waals surface area contributed by atoms with Crippen molar-refractivity contribution < 1.29 is 14.3 Å². The number of likely N-dealkylation sites (tertiary alicyclic amines) is 2. The zero-order valence-corrected chi connectivity index (χ0v) is 30.2. The molecule has 3 heterocycles. The Kier molecular flexibility index (Phi) is 12.2. The first kappa shape index (κ1) is 34.4. The van der Waals surface area contributed by atoms with E-state index < -0.39 is 5.60 Å². The van der Waals surface area contributed by atoms with E-state index in [0.717, 1.165) is 84.4 Å². The standard InChI is InChI=1S/C32H40Br2ClN3O3.C2H6/c1-32(2,3)41-28(40)19-37-10-6-20(7-11-37)14-27(39)38-12-8-21(9-13-38)30-29-22(16-25(35)17-26(29)34)4-5-23-15-24(33)18-36-31(23)30;1-2/h15-18,20-21,30H,4-14,19H2,1-3H3;1-2H3. The number of pyridine rings is 1. The van der Waals surface area contributed by atoms with Gasteiger partial charge in [-0.25, -0.2) is 0 Å². The highest BCUT2D eigenvalue weighted by atomic mass is 79.9. The van der Waals surface area contributed by atoms with Crippen LogP contribution in [-0.2, 0) is 27.2 Å². The molecule has 1 aromatic heterocycles. The number of benzene rings is 1. The molecule has 6 nitrogen and oxygen atoms in total. The molecule has 1 aromatic carbocycles. The molecule has 1 unspecified atom stereocenters. The minimum atomic E-state index is -0.462. The van der Waals surface area contributed by atoms with Crippen molar-refractivity contribution in [3.63, 3.8) is 0 Å². The van der Waals surface area contributed by atoms with Crippen LogP contribution >= 0.6 is 43.5 Å². The van der Waals surface area contributed by atoms with Gasteiger partial charge in [0.05, 0.1) is 12.2 Å². The van der Waals surface area contributed by atoms with Gasteiger partial charge in [-0.1, -0.05) is 41.4 Å². The molecule has 43 heavy (non-hydrogen) atoms. The third kappa shape index (κ3) is 9.05. The predicted molar refractivity (Wildman–Crippen MR) is 181 cm³/mol. The number of rotatable bonds is 5. The minimum Gasteiger partial charge on any atom is -0.459 e. The summed E-state index contributed by atoms with van der Waals surface area (Å²) in [5, 5.41) is 0.755. The SMILES string of the molecule is CC.CC(C)(C)OC(=O)CN1CCC(CC(=O)N2CCC(C3c4ncc(Br)cc4CCc4cc(Cl)cc(Br)c43)CC2)CC1. The fourth-order valence-electron chi connectivity index (χ4n) is 6.79. The molecule has 2 saturated heterocycles. The highest BCUT2D eigenvalue weighted by Crippen LogP contribution is 2.46. The van der Waals surface area contributed by atoms with Crippen LogP contribution in [0.5, 0.6) is 0 Å². The Morgan fingerprint density at radius 3 is 2.28 bits per heavy atom. The van der Waals surface area contributed by atoms with Gasteiger partial charge in [0.2, 0.25) is 5.91 Å². The van der Waals surface area contributed by atoms with E-state index in [-0.39, 0.29) is 17.8 Å². The van der Waals surface area contributed by atoms with Gasteiger partial charge in [-0.3, -0.25) is 19.5 Å². The first-order valence-corrected chi connectivity index (χ1v) is 17.8. The quantitative estimate of drug-likeness (QED) is 0.290. The molecule has 2 fully saturated rings. The number of piperidine rings is 2. The summed E-state index contributed by atoms with van der Waals surface area (Å²) >= 11 is 13.9. The number of aromatic nitrogens is 1. The average molecular weight is 740 g/mol. The van der Waals surface area contributed by atoms with Gasteiger partial charge in [0.15, 0.2) is 0 Å². The smallest absolute Gasteiger partial charge is 0.320 e. The first-order valence-electron chi connectivity index (χ1n) is 15.8. The number of carbonyl (C=O) groups is 2. The molecule has 0 N–H and O–H groups in total. The molecule has 2 aromatic rings. The van der Waals surface area contributed by atoms with Gasteiger partial charge >= 0.3 is 5.97 Å². The molecule has 1 atom stereocenters. The Hall–Kier alpha value is -1.48. The maximum absolute atomic E-state index is 13.3. The third-order valence-electron chi connectivity index (χ3n) is 8.72. The fourth-order valence-corrected chi connectivity index (χ4v) is 8.29. The van der Waals surface area contributed by atoms with Crippen LogP contribution in [0.15, 0.2) is 33.3 Å². The van der Waals surface area contributed by atoms with Crippen LogP contribution in [0.1, 0.15) is 95.0 Å². The molecule has 1 aliphatic carbocycles. The maximum Gasteiger partial charge on any atom is 0.320 e. The van der Waals surface area contributed by atoms with Crippen molar-refractivity contribution in [3.05, 3.63) is 60.7 Å². The normalized spacial score (nSPS) is 19.9. The first-order chi connectivity index (χ1) is 20.5. The summed E-state index contributed by atoms with van der Waals surface area (Å²) in [5.74, 6) is 1.04. The van der Waals surface area contributed by atoms with Gasteiger partial charge in [0, 0.05) is 45.6 Å². The van der Waals surface area contributed by atoms with Gasteiger partial charge < -0.3 is 9.64 Å². The zero-order valence-electron chi connectivity index (χ0n) is 26.2. The number of hydrogen-bond donors (Lipinski definition) is 0. The van der Waals surface area contributed by atoms with Gasteiger partial charge in [-0.2, -0.15) is 0 Å². The van der Waals surface area contributed by atoms with Crippen molar-refractivity contribution in [2.24, 2.45) is 11.8 Å². The predicted octanol–water partition coefficient (Wildman–Crippen LogP) is 8.20. The summed E-state index contributed by atoms with van der Waals surface area (Å²) < 4.78 is 7.53. The van der Waals surface area contributed by atoms with Gasteiger partial charge in [-0.15, -0.1) is 0 Å². The van der Waals surface area contributed by atoms with Crippen molar-refractivity contribution in [1.29, 1.82) is 0 Å². The average Bonchev–Trinajstić information content (AvgIpc) is 3.11. The van der Waals surface area contributed by atoms with E-state index in [4.69, 9.17) is 21.3 Å². The number of carbonyl (C=O) groups excluding carboxylic acids is 2. The lowest BCUT2D eigenvalue weighted by Crippen LogP contribution is -2.43. The van der Waals surface area contributed by atoms with Crippen molar-refractivity contribution >= 4 is 55.3 Å². The van der Waals surface area contributed by atoms with E-state index >= 15 is 0 Å². The molecule has 9 heteroatoms. The Balaban J connectivity index is 0.00000207. The van der Waals surface area contributed by atoms with E-state index in [1.165, 1.54) is 16.7 Å². The summed E-state index contributed by atoms with van der Waals surface area (Å²) in [4.78, 5) is 34.7.